The van der Waals surface area contributed by atoms with E-state index in [4.69, 9.17) is 0 Å². The van der Waals surface area contributed by atoms with Gasteiger partial charge in [0.25, 0.3) is 0 Å². The number of alkyl halides is 1. The molecule has 0 aromatic heterocycles. The van der Waals surface area contributed by atoms with Gasteiger partial charge < -0.3 is 0 Å². The predicted molar refractivity (Wildman–Crippen MR) is 54.5 cm³/mol. The molecule has 0 aliphatic heterocycles. The lowest BCUT2D eigenvalue weighted by Gasteiger charge is -2.35. The molecule has 60 valence electrons. The normalized spacial score (nSPS) is 49.2. The van der Waals surface area contributed by atoms with Crippen LogP contribution in [0, 0.1) is 17.8 Å². The van der Waals surface area contributed by atoms with Gasteiger partial charge in [0, 0.05) is 3.92 Å². The fourth-order valence-electron chi connectivity index (χ4n) is 1.80. The molecule has 0 aromatic rings. The van der Waals surface area contributed by atoms with E-state index in [2.05, 4.69) is 43.4 Å². The van der Waals surface area contributed by atoms with Crippen LogP contribution in [-0.4, -0.2) is 3.92 Å². The van der Waals surface area contributed by atoms with Crippen molar-refractivity contribution in [1.29, 1.82) is 0 Å². The largest absolute Gasteiger partial charge is 0.0823 e. The van der Waals surface area contributed by atoms with Crippen LogP contribution in [0.25, 0.3) is 0 Å². The minimum atomic E-state index is 0.934. The summed E-state index contributed by atoms with van der Waals surface area (Å²) < 4.78 is 0.934. The first kappa shape index (κ1) is 8.82. The van der Waals surface area contributed by atoms with Crippen molar-refractivity contribution in [2.75, 3.05) is 0 Å². The molecule has 0 heterocycles. The molecular formula is C9H17I. The van der Waals surface area contributed by atoms with Gasteiger partial charge in [-0.1, -0.05) is 43.4 Å². The Kier molecular flexibility index (Phi) is 3.02. The van der Waals surface area contributed by atoms with Crippen molar-refractivity contribution in [3.63, 3.8) is 0 Å². The molecule has 0 nitrogen and oxygen atoms in total. The standard InChI is InChI=1S/C9H17I/c1-6-4-5-9(10)8(3)7(6)2/h6-9H,4-5H2,1-3H3. The molecule has 10 heavy (non-hydrogen) atoms. The zero-order valence-corrected chi connectivity index (χ0v) is 9.26. The van der Waals surface area contributed by atoms with Gasteiger partial charge >= 0.3 is 0 Å². The second-order valence-corrected chi connectivity index (χ2v) is 5.39. The summed E-state index contributed by atoms with van der Waals surface area (Å²) in [5.74, 6) is 2.83. The van der Waals surface area contributed by atoms with E-state index in [9.17, 15) is 0 Å². The first-order valence-electron chi connectivity index (χ1n) is 4.27. The topological polar surface area (TPSA) is 0 Å². The maximum absolute atomic E-state index is 2.61. The molecule has 1 aliphatic carbocycles. The molecule has 0 radical (unpaired) electrons. The van der Waals surface area contributed by atoms with E-state index in [1.165, 1.54) is 12.8 Å². The molecule has 0 bridgehead atoms. The molecule has 1 rings (SSSR count). The van der Waals surface area contributed by atoms with E-state index in [1.54, 1.807) is 0 Å². The van der Waals surface area contributed by atoms with E-state index in [0.717, 1.165) is 21.7 Å². The second kappa shape index (κ2) is 3.42. The van der Waals surface area contributed by atoms with Crippen molar-refractivity contribution >= 4 is 22.6 Å². The van der Waals surface area contributed by atoms with Gasteiger partial charge in [0.1, 0.15) is 0 Å². The van der Waals surface area contributed by atoms with Crippen molar-refractivity contribution in [3.8, 4) is 0 Å². The highest BCUT2D eigenvalue weighted by Crippen LogP contribution is 2.37. The minimum absolute atomic E-state index is 0.934. The fraction of sp³-hybridized carbons (Fsp3) is 1.00. The summed E-state index contributed by atoms with van der Waals surface area (Å²) in [6, 6.07) is 0. The van der Waals surface area contributed by atoms with Gasteiger partial charge in [-0.25, -0.2) is 0 Å². The lowest BCUT2D eigenvalue weighted by molar-refractivity contribution is 0.211. The van der Waals surface area contributed by atoms with Crippen molar-refractivity contribution in [2.45, 2.75) is 37.5 Å². The molecule has 0 spiro atoms. The van der Waals surface area contributed by atoms with E-state index in [0.29, 0.717) is 0 Å². The molecule has 1 aliphatic rings. The Bertz CT molecular complexity index is 97.3. The Morgan fingerprint density at radius 2 is 1.60 bits per heavy atom. The monoisotopic (exact) mass is 252 g/mol. The lowest BCUT2D eigenvalue weighted by Crippen LogP contribution is -2.29. The Hall–Kier alpha value is 0.730. The quantitative estimate of drug-likeness (QED) is 0.457. The minimum Gasteiger partial charge on any atom is -0.0823 e. The zero-order chi connectivity index (χ0) is 7.72. The van der Waals surface area contributed by atoms with Crippen molar-refractivity contribution in [2.24, 2.45) is 17.8 Å². The van der Waals surface area contributed by atoms with Crippen molar-refractivity contribution in [3.05, 3.63) is 0 Å². The SMILES string of the molecule is CC1CCC(I)C(C)C1C. The lowest BCUT2D eigenvalue weighted by atomic mass is 9.75. The summed E-state index contributed by atoms with van der Waals surface area (Å²) in [6.45, 7) is 7.20. The van der Waals surface area contributed by atoms with E-state index in [1.807, 2.05) is 0 Å². The van der Waals surface area contributed by atoms with Crippen LogP contribution in [0.1, 0.15) is 33.6 Å². The van der Waals surface area contributed by atoms with Crippen LogP contribution in [0.2, 0.25) is 0 Å². The number of hydrogen-bond donors (Lipinski definition) is 0. The average Bonchev–Trinajstić information content (AvgIpc) is 1.93. The van der Waals surface area contributed by atoms with E-state index in [-0.39, 0.29) is 0 Å². The zero-order valence-electron chi connectivity index (χ0n) is 7.10. The maximum Gasteiger partial charge on any atom is 0.0138 e. The number of halogens is 1. The summed E-state index contributed by atoms with van der Waals surface area (Å²) in [7, 11) is 0. The summed E-state index contributed by atoms with van der Waals surface area (Å²) >= 11 is 2.61. The Labute approximate surface area is 77.9 Å². The van der Waals surface area contributed by atoms with Crippen LogP contribution in [0.15, 0.2) is 0 Å². The average molecular weight is 252 g/mol. The molecule has 0 amide bonds. The van der Waals surface area contributed by atoms with Gasteiger partial charge in [-0.15, -0.1) is 0 Å². The third kappa shape index (κ3) is 1.66. The van der Waals surface area contributed by atoms with Gasteiger partial charge in [-0.05, 0) is 30.6 Å². The van der Waals surface area contributed by atoms with Gasteiger partial charge in [0.2, 0.25) is 0 Å². The van der Waals surface area contributed by atoms with Gasteiger partial charge in [-0.3, -0.25) is 0 Å². The molecule has 4 atom stereocenters. The van der Waals surface area contributed by atoms with Gasteiger partial charge in [0.15, 0.2) is 0 Å². The molecule has 0 aromatic carbocycles. The smallest absolute Gasteiger partial charge is 0.0138 e. The van der Waals surface area contributed by atoms with Crippen LogP contribution in [-0.2, 0) is 0 Å². The van der Waals surface area contributed by atoms with Crippen molar-refractivity contribution < 1.29 is 0 Å². The molecule has 1 heteroatoms. The van der Waals surface area contributed by atoms with Crippen LogP contribution in [0.5, 0.6) is 0 Å². The highest BCUT2D eigenvalue weighted by molar-refractivity contribution is 14.1. The highest BCUT2D eigenvalue weighted by atomic mass is 127. The summed E-state index contributed by atoms with van der Waals surface area (Å²) in [4.78, 5) is 0. The molecule has 0 saturated heterocycles. The summed E-state index contributed by atoms with van der Waals surface area (Å²) in [6.07, 6.45) is 2.88. The maximum atomic E-state index is 2.61. The van der Waals surface area contributed by atoms with Crippen LogP contribution in [0.4, 0.5) is 0 Å². The Morgan fingerprint density at radius 3 is 2.10 bits per heavy atom. The van der Waals surface area contributed by atoms with Crippen LogP contribution >= 0.6 is 22.6 Å². The molecule has 0 N–H and O–H groups in total. The van der Waals surface area contributed by atoms with Gasteiger partial charge in [-0.2, -0.15) is 0 Å². The van der Waals surface area contributed by atoms with E-state index >= 15 is 0 Å². The second-order valence-electron chi connectivity index (χ2n) is 3.79. The Morgan fingerprint density at radius 1 is 1.00 bits per heavy atom. The number of hydrogen-bond acceptors (Lipinski definition) is 0. The first-order valence-corrected chi connectivity index (χ1v) is 5.51. The van der Waals surface area contributed by atoms with E-state index < -0.39 is 0 Å². The third-order valence-electron chi connectivity index (χ3n) is 3.20. The molecule has 1 fully saturated rings. The fourth-order valence-corrected chi connectivity index (χ4v) is 2.81. The Balaban J connectivity index is 2.52. The first-order chi connectivity index (χ1) is 4.63. The highest BCUT2D eigenvalue weighted by Gasteiger charge is 2.29. The molecular weight excluding hydrogens is 235 g/mol. The number of rotatable bonds is 0. The van der Waals surface area contributed by atoms with Crippen LogP contribution < -0.4 is 0 Å². The molecule has 1 saturated carbocycles. The molecule has 4 unspecified atom stereocenters. The predicted octanol–water partition coefficient (Wildman–Crippen LogP) is 3.49. The van der Waals surface area contributed by atoms with Gasteiger partial charge in [0.05, 0.1) is 0 Å². The van der Waals surface area contributed by atoms with Crippen molar-refractivity contribution in [1.82, 2.24) is 0 Å². The third-order valence-corrected chi connectivity index (χ3v) is 4.95. The van der Waals surface area contributed by atoms with Crippen LogP contribution in [0.3, 0.4) is 0 Å². The summed E-state index contributed by atoms with van der Waals surface area (Å²) in [5.41, 5.74) is 0. The summed E-state index contributed by atoms with van der Waals surface area (Å²) in [5, 5.41) is 0.